The largest absolute Gasteiger partial charge is 0.497 e. The molecule has 7 heteroatoms. The van der Waals surface area contributed by atoms with Gasteiger partial charge in [-0.2, -0.15) is 0 Å². The number of amides is 1. The molecular formula is C21H28N4O3. The summed E-state index contributed by atoms with van der Waals surface area (Å²) < 4.78 is 5.26. The summed E-state index contributed by atoms with van der Waals surface area (Å²) in [5.41, 5.74) is 3.53. The Bertz CT molecular complexity index is 819. The average Bonchev–Trinajstić information content (AvgIpc) is 2.71. The van der Waals surface area contributed by atoms with Gasteiger partial charge in [0.05, 0.1) is 30.8 Å². The minimum atomic E-state index is -0.263. The predicted octanol–water partition coefficient (Wildman–Crippen LogP) is 3.45. The van der Waals surface area contributed by atoms with Crippen molar-refractivity contribution in [2.24, 2.45) is 0 Å². The van der Waals surface area contributed by atoms with Crippen LogP contribution < -0.4 is 20.3 Å². The second-order valence-electron chi connectivity index (χ2n) is 7.12. The highest BCUT2D eigenvalue weighted by atomic mass is 16.5. The summed E-state index contributed by atoms with van der Waals surface area (Å²) >= 11 is 0. The fraction of sp³-hybridized carbons (Fsp3) is 0.429. The van der Waals surface area contributed by atoms with Crippen LogP contribution in [0.4, 0.5) is 22.9 Å². The zero-order valence-electron chi connectivity index (χ0n) is 16.6. The maximum absolute atomic E-state index is 11.9. The van der Waals surface area contributed by atoms with Gasteiger partial charge in [0.2, 0.25) is 6.41 Å². The fourth-order valence-electron chi connectivity index (χ4n) is 3.64. The number of aryl methyl sites for hydroxylation is 1. The second-order valence-corrected chi connectivity index (χ2v) is 7.12. The van der Waals surface area contributed by atoms with E-state index in [0.29, 0.717) is 18.7 Å². The number of carbonyl (C=O) groups is 1. The molecule has 1 saturated carbocycles. The lowest BCUT2D eigenvalue weighted by atomic mass is 9.92. The highest BCUT2D eigenvalue weighted by Crippen LogP contribution is 2.34. The Labute approximate surface area is 165 Å². The molecule has 1 aromatic heterocycles. The number of aliphatic hydroxyl groups excluding tert-OH is 1. The Kier molecular flexibility index (Phi) is 6.36. The van der Waals surface area contributed by atoms with Crippen molar-refractivity contribution in [3.05, 3.63) is 36.0 Å². The summed E-state index contributed by atoms with van der Waals surface area (Å²) in [5, 5.41) is 16.2. The topological polar surface area (TPSA) is 86.7 Å². The number of benzene rings is 1. The molecule has 1 fully saturated rings. The first-order valence-corrected chi connectivity index (χ1v) is 9.57. The third kappa shape index (κ3) is 4.36. The predicted molar refractivity (Wildman–Crippen MR) is 112 cm³/mol. The van der Waals surface area contributed by atoms with E-state index < -0.39 is 0 Å². The van der Waals surface area contributed by atoms with Gasteiger partial charge in [-0.3, -0.25) is 4.79 Å². The number of pyridine rings is 1. The van der Waals surface area contributed by atoms with Crippen LogP contribution in [0.3, 0.4) is 0 Å². The number of carbonyl (C=O) groups excluding carboxylic acids is 1. The molecule has 0 aliphatic heterocycles. The zero-order chi connectivity index (χ0) is 20.1. The van der Waals surface area contributed by atoms with Crippen molar-refractivity contribution in [3.63, 3.8) is 0 Å². The van der Waals surface area contributed by atoms with Gasteiger partial charge in [0.15, 0.2) is 0 Å². The van der Waals surface area contributed by atoms with Gasteiger partial charge >= 0.3 is 0 Å². The molecule has 1 heterocycles. The molecule has 28 heavy (non-hydrogen) atoms. The number of ether oxygens (including phenoxy) is 1. The molecule has 3 N–H and O–H groups in total. The molecule has 1 aromatic carbocycles. The van der Waals surface area contributed by atoms with Crippen molar-refractivity contribution in [3.8, 4) is 5.75 Å². The minimum Gasteiger partial charge on any atom is -0.497 e. The van der Waals surface area contributed by atoms with Gasteiger partial charge in [-0.25, -0.2) is 4.98 Å². The number of rotatable bonds is 7. The normalized spacial score (nSPS) is 19.0. The van der Waals surface area contributed by atoms with E-state index in [1.807, 2.05) is 38.2 Å². The first-order valence-electron chi connectivity index (χ1n) is 9.57. The first kappa shape index (κ1) is 19.9. The van der Waals surface area contributed by atoms with Gasteiger partial charge in [0.1, 0.15) is 11.6 Å². The molecular weight excluding hydrogens is 356 g/mol. The lowest BCUT2D eigenvalue weighted by Gasteiger charge is -2.34. The maximum atomic E-state index is 11.9. The monoisotopic (exact) mass is 384 g/mol. The quantitative estimate of drug-likeness (QED) is 0.634. The smallest absolute Gasteiger partial charge is 0.214 e. The Balaban J connectivity index is 1.88. The molecule has 1 aliphatic carbocycles. The van der Waals surface area contributed by atoms with Crippen molar-refractivity contribution in [2.45, 2.75) is 44.8 Å². The molecule has 7 nitrogen and oxygen atoms in total. The van der Waals surface area contributed by atoms with Gasteiger partial charge in [0, 0.05) is 24.8 Å². The van der Waals surface area contributed by atoms with E-state index in [4.69, 9.17) is 4.74 Å². The molecule has 0 atom stereocenters. The van der Waals surface area contributed by atoms with Crippen LogP contribution in [0.2, 0.25) is 0 Å². The van der Waals surface area contributed by atoms with Gasteiger partial charge in [0.25, 0.3) is 0 Å². The van der Waals surface area contributed by atoms with Crippen molar-refractivity contribution in [1.82, 2.24) is 4.98 Å². The fourth-order valence-corrected chi connectivity index (χ4v) is 3.64. The van der Waals surface area contributed by atoms with Gasteiger partial charge in [-0.15, -0.1) is 0 Å². The standard InChI is InChI=1S/C21H28N4O3/c1-14-10-17(28-3)8-9-18(14)24-21-11-20(19(22-2)12-23-21)25(13-26)15-4-6-16(27)7-5-15/h8-13,15-16,22,27H,4-7H2,1-3H3,(H,23,24). The van der Waals surface area contributed by atoms with Gasteiger partial charge in [-0.1, -0.05) is 0 Å². The Hall–Kier alpha value is -2.80. The molecule has 2 aromatic rings. The minimum absolute atomic E-state index is 0.0750. The van der Waals surface area contributed by atoms with Crippen LogP contribution in [-0.2, 0) is 4.79 Å². The molecule has 1 amide bonds. The van der Waals surface area contributed by atoms with Crippen molar-refractivity contribution in [1.29, 1.82) is 0 Å². The number of anilines is 4. The van der Waals surface area contributed by atoms with Crippen LogP contribution in [0.15, 0.2) is 30.5 Å². The second kappa shape index (κ2) is 8.93. The molecule has 150 valence electrons. The third-order valence-corrected chi connectivity index (χ3v) is 5.30. The number of methoxy groups -OCH3 is 1. The van der Waals surface area contributed by atoms with E-state index in [2.05, 4.69) is 15.6 Å². The van der Waals surface area contributed by atoms with E-state index in [1.165, 1.54) is 0 Å². The van der Waals surface area contributed by atoms with Crippen LogP contribution in [0.25, 0.3) is 0 Å². The summed E-state index contributed by atoms with van der Waals surface area (Å²) in [6, 6.07) is 7.75. The Morgan fingerprint density at radius 1 is 1.21 bits per heavy atom. The highest BCUT2D eigenvalue weighted by molar-refractivity contribution is 5.85. The lowest BCUT2D eigenvalue weighted by molar-refractivity contribution is -0.108. The van der Waals surface area contributed by atoms with Crippen LogP contribution >= 0.6 is 0 Å². The van der Waals surface area contributed by atoms with E-state index in [-0.39, 0.29) is 12.1 Å². The van der Waals surface area contributed by atoms with Crippen LogP contribution in [0.5, 0.6) is 5.75 Å². The van der Waals surface area contributed by atoms with Crippen molar-refractivity contribution >= 4 is 29.3 Å². The number of aromatic nitrogens is 1. The Morgan fingerprint density at radius 3 is 2.57 bits per heavy atom. The highest BCUT2D eigenvalue weighted by Gasteiger charge is 2.26. The number of nitrogens with one attached hydrogen (secondary N) is 2. The number of aliphatic hydroxyl groups is 1. The van der Waals surface area contributed by atoms with Gasteiger partial charge < -0.3 is 25.4 Å². The van der Waals surface area contributed by atoms with Gasteiger partial charge in [-0.05, 0) is 56.4 Å². The number of hydrogen-bond donors (Lipinski definition) is 3. The number of hydrogen-bond acceptors (Lipinski definition) is 6. The van der Waals surface area contributed by atoms with E-state index >= 15 is 0 Å². The maximum Gasteiger partial charge on any atom is 0.214 e. The molecule has 1 aliphatic rings. The molecule has 3 rings (SSSR count). The molecule has 0 radical (unpaired) electrons. The average molecular weight is 384 g/mol. The van der Waals surface area contributed by atoms with E-state index in [1.54, 1.807) is 18.2 Å². The summed E-state index contributed by atoms with van der Waals surface area (Å²) in [6.45, 7) is 2.00. The summed E-state index contributed by atoms with van der Waals surface area (Å²) in [7, 11) is 3.46. The first-order chi connectivity index (χ1) is 13.5. The number of nitrogens with zero attached hydrogens (tertiary/aromatic N) is 2. The van der Waals surface area contributed by atoms with Crippen LogP contribution in [-0.4, -0.2) is 42.8 Å². The summed E-state index contributed by atoms with van der Waals surface area (Å²) in [5.74, 6) is 1.46. The molecule has 0 spiro atoms. The van der Waals surface area contributed by atoms with Crippen molar-refractivity contribution in [2.75, 3.05) is 29.7 Å². The Morgan fingerprint density at radius 2 is 1.96 bits per heavy atom. The molecule has 0 unspecified atom stereocenters. The van der Waals surface area contributed by atoms with E-state index in [0.717, 1.165) is 47.6 Å². The van der Waals surface area contributed by atoms with Crippen molar-refractivity contribution < 1.29 is 14.6 Å². The lowest BCUT2D eigenvalue weighted by Crippen LogP contribution is -2.38. The summed E-state index contributed by atoms with van der Waals surface area (Å²) in [4.78, 5) is 18.2. The third-order valence-electron chi connectivity index (χ3n) is 5.30. The zero-order valence-corrected chi connectivity index (χ0v) is 16.6. The molecule has 0 bridgehead atoms. The molecule has 0 saturated heterocycles. The van der Waals surface area contributed by atoms with Crippen LogP contribution in [0.1, 0.15) is 31.2 Å². The van der Waals surface area contributed by atoms with E-state index in [9.17, 15) is 9.90 Å². The summed E-state index contributed by atoms with van der Waals surface area (Å²) in [6.07, 6.45) is 5.33. The van der Waals surface area contributed by atoms with Crippen LogP contribution in [0, 0.1) is 6.92 Å². The SMILES string of the molecule is CNc1cnc(Nc2ccc(OC)cc2C)cc1N(C=O)C1CCC(O)CC1.